The highest BCUT2D eigenvalue weighted by molar-refractivity contribution is 5.93. The van der Waals surface area contributed by atoms with Gasteiger partial charge in [-0.25, -0.2) is 9.78 Å². The number of H-pyrrole nitrogens is 1. The van der Waals surface area contributed by atoms with Gasteiger partial charge in [-0.3, -0.25) is 14.4 Å². The van der Waals surface area contributed by atoms with Crippen molar-refractivity contribution < 1.29 is 29.4 Å². The lowest BCUT2D eigenvalue weighted by Crippen LogP contribution is -2.55. The Kier molecular flexibility index (Phi) is 7.67. The molecule has 0 radical (unpaired) electrons. The second kappa shape index (κ2) is 9.98. The van der Waals surface area contributed by atoms with Gasteiger partial charge < -0.3 is 36.5 Å². The van der Waals surface area contributed by atoms with Gasteiger partial charge in [0.05, 0.1) is 19.0 Å². The van der Waals surface area contributed by atoms with Crippen LogP contribution in [0.15, 0.2) is 12.5 Å². The predicted molar refractivity (Wildman–Crippen MR) is 99.3 cm³/mol. The van der Waals surface area contributed by atoms with Gasteiger partial charge in [-0.15, -0.1) is 0 Å². The van der Waals surface area contributed by atoms with Gasteiger partial charge in [-0.05, 0) is 19.8 Å². The van der Waals surface area contributed by atoms with Gasteiger partial charge in [0.25, 0.3) is 0 Å². The van der Waals surface area contributed by atoms with Gasteiger partial charge in [-0.2, -0.15) is 0 Å². The molecule has 1 aliphatic rings. The van der Waals surface area contributed by atoms with E-state index in [1.165, 1.54) is 24.3 Å². The average Bonchev–Trinajstić information content (AvgIpc) is 3.35. The minimum atomic E-state index is -1.19. The van der Waals surface area contributed by atoms with Crippen LogP contribution in [0.25, 0.3) is 0 Å². The number of nitrogens with one attached hydrogen (secondary N) is 3. The molecule has 0 aliphatic carbocycles. The minimum Gasteiger partial charge on any atom is -0.480 e. The number of nitrogens with zero attached hydrogens (tertiary/aromatic N) is 2. The number of carboxylic acid groups (broad SMARTS) is 1. The molecule has 4 unspecified atom stereocenters. The zero-order valence-electron chi connectivity index (χ0n) is 16.0. The number of carboxylic acids is 1. The molecule has 1 aromatic rings. The number of aliphatic hydroxyl groups is 1. The number of aliphatic carboxylic acids is 1. The highest BCUT2D eigenvalue weighted by Crippen LogP contribution is 2.19. The van der Waals surface area contributed by atoms with Crippen molar-refractivity contribution in [1.82, 2.24) is 25.5 Å². The molecule has 4 atom stereocenters. The van der Waals surface area contributed by atoms with Crippen LogP contribution in [0, 0.1) is 0 Å². The summed E-state index contributed by atoms with van der Waals surface area (Å²) in [6.45, 7) is 1.18. The molecule has 12 heteroatoms. The largest absolute Gasteiger partial charge is 0.480 e. The van der Waals surface area contributed by atoms with Crippen molar-refractivity contribution in [1.29, 1.82) is 0 Å². The van der Waals surface area contributed by atoms with Gasteiger partial charge >= 0.3 is 5.97 Å². The lowest BCUT2D eigenvalue weighted by molar-refractivity contribution is -0.149. The van der Waals surface area contributed by atoms with E-state index in [1.807, 2.05) is 0 Å². The Hall–Kier alpha value is -2.99. The zero-order valence-corrected chi connectivity index (χ0v) is 16.0. The molecule has 29 heavy (non-hydrogen) atoms. The van der Waals surface area contributed by atoms with Crippen molar-refractivity contribution in [2.75, 3.05) is 13.1 Å². The third-order valence-corrected chi connectivity index (χ3v) is 4.68. The molecule has 0 aromatic carbocycles. The fourth-order valence-corrected chi connectivity index (χ4v) is 3.05. The van der Waals surface area contributed by atoms with Gasteiger partial charge in [0.15, 0.2) is 0 Å². The molecule has 1 saturated heterocycles. The SMILES string of the molecule is CC(O)C(N)C(=O)NCC(=O)NC(Cc1cnc[nH]1)C(=O)N1CCCC1C(=O)O. The van der Waals surface area contributed by atoms with Crippen molar-refractivity contribution in [3.8, 4) is 0 Å². The third kappa shape index (κ3) is 5.99. The topological polar surface area (TPSA) is 191 Å². The number of likely N-dealkylation sites (tertiary alicyclic amines) is 1. The first-order chi connectivity index (χ1) is 13.7. The number of hydrogen-bond acceptors (Lipinski definition) is 7. The Morgan fingerprint density at radius 3 is 2.72 bits per heavy atom. The molecule has 0 spiro atoms. The summed E-state index contributed by atoms with van der Waals surface area (Å²) in [6.07, 6.45) is 2.81. The Labute approximate surface area is 166 Å². The standard InChI is InChI=1S/C17H26N6O6/c1-9(24)14(18)15(26)20-7-13(25)22-11(5-10-6-19-8-21-10)16(27)23-4-2-3-12(23)17(28)29/h6,8-9,11-12,14,24H,2-5,7,18H2,1H3,(H,19,21)(H,20,26)(H,22,25)(H,28,29). The summed E-state index contributed by atoms with van der Waals surface area (Å²) >= 11 is 0. The van der Waals surface area contributed by atoms with Crippen LogP contribution in [0.2, 0.25) is 0 Å². The molecule has 0 bridgehead atoms. The molecule has 12 nitrogen and oxygen atoms in total. The fraction of sp³-hybridized carbons (Fsp3) is 0.588. The number of rotatable bonds is 9. The van der Waals surface area contributed by atoms with Crippen LogP contribution in [-0.4, -0.2) is 86.1 Å². The predicted octanol–water partition coefficient (Wildman–Crippen LogP) is -2.66. The number of aromatic amines is 1. The summed E-state index contributed by atoms with van der Waals surface area (Å²) in [5, 5.41) is 23.4. The monoisotopic (exact) mass is 410 g/mol. The Balaban J connectivity index is 2.04. The maximum Gasteiger partial charge on any atom is 0.326 e. The first-order valence-electron chi connectivity index (χ1n) is 9.22. The number of nitrogens with two attached hydrogens (primary N) is 1. The number of hydrogen-bond donors (Lipinski definition) is 6. The highest BCUT2D eigenvalue weighted by Gasteiger charge is 2.37. The number of aliphatic hydroxyl groups excluding tert-OH is 1. The second-order valence-corrected chi connectivity index (χ2v) is 6.91. The summed E-state index contributed by atoms with van der Waals surface area (Å²) in [7, 11) is 0. The fourth-order valence-electron chi connectivity index (χ4n) is 3.05. The first-order valence-corrected chi connectivity index (χ1v) is 9.22. The van der Waals surface area contributed by atoms with Crippen LogP contribution in [0.4, 0.5) is 0 Å². The number of amides is 3. The van der Waals surface area contributed by atoms with Crippen LogP contribution in [0.5, 0.6) is 0 Å². The molecule has 2 heterocycles. The van der Waals surface area contributed by atoms with Gasteiger partial charge in [0.2, 0.25) is 17.7 Å². The van der Waals surface area contributed by atoms with E-state index in [4.69, 9.17) is 5.73 Å². The molecule has 2 rings (SSSR count). The Morgan fingerprint density at radius 2 is 2.14 bits per heavy atom. The second-order valence-electron chi connectivity index (χ2n) is 6.91. The summed E-state index contributed by atoms with van der Waals surface area (Å²) in [5.74, 6) is -2.98. The molecule has 0 saturated carbocycles. The van der Waals surface area contributed by atoms with E-state index in [9.17, 15) is 29.4 Å². The molecule has 160 valence electrons. The maximum absolute atomic E-state index is 12.9. The lowest BCUT2D eigenvalue weighted by atomic mass is 10.1. The van der Waals surface area contributed by atoms with Gasteiger partial charge in [-0.1, -0.05) is 0 Å². The lowest BCUT2D eigenvalue weighted by Gasteiger charge is -2.27. The first kappa shape index (κ1) is 22.3. The van der Waals surface area contributed by atoms with Crippen LogP contribution < -0.4 is 16.4 Å². The van der Waals surface area contributed by atoms with Crippen molar-refractivity contribution in [2.24, 2.45) is 5.73 Å². The highest BCUT2D eigenvalue weighted by atomic mass is 16.4. The smallest absolute Gasteiger partial charge is 0.326 e. The van der Waals surface area contributed by atoms with E-state index < -0.39 is 54.5 Å². The van der Waals surface area contributed by atoms with E-state index in [0.717, 1.165) is 0 Å². The number of carbonyl (C=O) groups excluding carboxylic acids is 3. The quantitative estimate of drug-likeness (QED) is 0.254. The molecule has 7 N–H and O–H groups in total. The van der Waals surface area contributed by atoms with Crippen LogP contribution in [-0.2, 0) is 25.6 Å². The number of imidazole rings is 1. The van der Waals surface area contributed by atoms with Crippen LogP contribution in [0.3, 0.4) is 0 Å². The normalized spacial score (nSPS) is 19.3. The van der Waals surface area contributed by atoms with Gasteiger partial charge in [0.1, 0.15) is 18.1 Å². The van der Waals surface area contributed by atoms with E-state index in [-0.39, 0.29) is 13.0 Å². The Morgan fingerprint density at radius 1 is 1.41 bits per heavy atom. The molecule has 1 fully saturated rings. The van der Waals surface area contributed by atoms with E-state index in [2.05, 4.69) is 20.6 Å². The average molecular weight is 410 g/mol. The maximum atomic E-state index is 12.9. The summed E-state index contributed by atoms with van der Waals surface area (Å²) in [6, 6.07) is -3.16. The minimum absolute atomic E-state index is 0.0779. The van der Waals surface area contributed by atoms with Crippen molar-refractivity contribution in [3.05, 3.63) is 18.2 Å². The molecule has 3 amide bonds. The summed E-state index contributed by atoms with van der Waals surface area (Å²) < 4.78 is 0. The Bertz CT molecular complexity index is 737. The summed E-state index contributed by atoms with van der Waals surface area (Å²) in [4.78, 5) is 56.3. The van der Waals surface area contributed by atoms with E-state index in [1.54, 1.807) is 0 Å². The van der Waals surface area contributed by atoms with Crippen LogP contribution in [0.1, 0.15) is 25.5 Å². The molecule has 1 aliphatic heterocycles. The zero-order chi connectivity index (χ0) is 21.6. The van der Waals surface area contributed by atoms with E-state index >= 15 is 0 Å². The summed E-state index contributed by atoms with van der Waals surface area (Å²) in [5.41, 5.74) is 6.07. The van der Waals surface area contributed by atoms with Gasteiger partial charge in [0, 0.05) is 24.9 Å². The van der Waals surface area contributed by atoms with Crippen LogP contribution >= 0.6 is 0 Å². The van der Waals surface area contributed by atoms with E-state index in [0.29, 0.717) is 18.5 Å². The number of carbonyl (C=O) groups is 4. The van der Waals surface area contributed by atoms with Crippen molar-refractivity contribution >= 4 is 23.7 Å². The van der Waals surface area contributed by atoms with Crippen molar-refractivity contribution in [2.45, 2.75) is 50.4 Å². The van der Waals surface area contributed by atoms with Crippen molar-refractivity contribution in [3.63, 3.8) is 0 Å². The third-order valence-electron chi connectivity index (χ3n) is 4.68. The molecule has 1 aromatic heterocycles. The molecular formula is C17H26N6O6. The molecular weight excluding hydrogens is 384 g/mol. The number of aromatic nitrogens is 2.